The van der Waals surface area contributed by atoms with Crippen LogP contribution in [-0.2, 0) is 11.2 Å². The second kappa shape index (κ2) is 7.08. The fraction of sp³-hybridized carbons (Fsp3) is 0.214. The number of hydrogen-bond acceptors (Lipinski definition) is 3. The van der Waals surface area contributed by atoms with Crippen molar-refractivity contribution in [3.63, 3.8) is 0 Å². The molecule has 0 fully saturated rings. The second-order valence-electron chi connectivity index (χ2n) is 4.18. The monoisotopic (exact) mass is 272 g/mol. The van der Waals surface area contributed by atoms with Gasteiger partial charge in [-0.2, -0.15) is 0 Å². The lowest BCUT2D eigenvalue weighted by Crippen LogP contribution is -2.37. The molecule has 0 aliphatic heterocycles. The maximum atomic E-state index is 11.7. The van der Waals surface area contributed by atoms with E-state index in [9.17, 15) is 9.59 Å². The third kappa shape index (κ3) is 4.24. The van der Waals surface area contributed by atoms with E-state index in [1.54, 1.807) is 36.7 Å². The van der Waals surface area contributed by atoms with Gasteiger partial charge >= 0.3 is 0 Å². The third-order valence-corrected chi connectivity index (χ3v) is 2.68. The summed E-state index contributed by atoms with van der Waals surface area (Å²) in [5, 5.41) is 5.28. The second-order valence-corrected chi connectivity index (χ2v) is 4.18. The molecule has 1 aromatic carbocycles. The number of nitrogens with one attached hydrogen (secondary N) is 3. The number of benzene rings is 1. The first kappa shape index (κ1) is 13.8. The van der Waals surface area contributed by atoms with Crippen LogP contribution in [0.2, 0.25) is 0 Å². The molecule has 0 atom stereocenters. The fourth-order valence-corrected chi connectivity index (χ4v) is 1.67. The molecule has 2 aromatic rings. The molecule has 1 heterocycles. The van der Waals surface area contributed by atoms with Crippen LogP contribution in [0.25, 0.3) is 0 Å². The van der Waals surface area contributed by atoms with Gasteiger partial charge in [-0.05, 0) is 12.1 Å². The van der Waals surface area contributed by atoms with Gasteiger partial charge in [-0.15, -0.1) is 0 Å². The Balaban J connectivity index is 1.66. The van der Waals surface area contributed by atoms with Crippen molar-refractivity contribution in [3.8, 4) is 0 Å². The largest absolute Gasteiger partial charge is 0.354 e. The Morgan fingerprint density at radius 3 is 2.65 bits per heavy atom. The van der Waals surface area contributed by atoms with Crippen LogP contribution in [0.15, 0.2) is 42.7 Å². The number of hydrogen-bond donors (Lipinski definition) is 3. The van der Waals surface area contributed by atoms with Gasteiger partial charge in [0.15, 0.2) is 0 Å². The summed E-state index contributed by atoms with van der Waals surface area (Å²) in [5.41, 5.74) is 0.538. The van der Waals surface area contributed by atoms with E-state index in [2.05, 4.69) is 20.6 Å². The van der Waals surface area contributed by atoms with E-state index in [-0.39, 0.29) is 18.4 Å². The Morgan fingerprint density at radius 1 is 1.15 bits per heavy atom. The number of nitrogens with zero attached hydrogens (tertiary/aromatic N) is 1. The normalized spacial score (nSPS) is 10.0. The number of carbonyl (C=O) groups is 2. The number of aromatic nitrogens is 2. The lowest BCUT2D eigenvalue weighted by molar-refractivity contribution is -0.120. The van der Waals surface area contributed by atoms with E-state index in [4.69, 9.17) is 0 Å². The van der Waals surface area contributed by atoms with E-state index < -0.39 is 0 Å². The Kier molecular flexibility index (Phi) is 4.88. The van der Waals surface area contributed by atoms with Crippen LogP contribution in [0.3, 0.4) is 0 Å². The van der Waals surface area contributed by atoms with Crippen LogP contribution in [0, 0.1) is 0 Å². The summed E-state index contributed by atoms with van der Waals surface area (Å²) in [6.07, 6.45) is 4.03. The van der Waals surface area contributed by atoms with Gasteiger partial charge in [-0.1, -0.05) is 18.2 Å². The molecule has 0 saturated carbocycles. The fourth-order valence-electron chi connectivity index (χ4n) is 1.67. The summed E-state index contributed by atoms with van der Waals surface area (Å²) in [6, 6.07) is 8.78. The molecule has 0 saturated heterocycles. The van der Waals surface area contributed by atoms with Crippen molar-refractivity contribution in [2.45, 2.75) is 6.42 Å². The maximum Gasteiger partial charge on any atom is 0.251 e. The molecule has 2 amide bonds. The van der Waals surface area contributed by atoms with E-state index in [1.807, 2.05) is 6.07 Å². The molecule has 2 rings (SSSR count). The average Bonchev–Trinajstić information content (AvgIpc) is 2.99. The first-order valence-electron chi connectivity index (χ1n) is 6.34. The van der Waals surface area contributed by atoms with Crippen LogP contribution >= 0.6 is 0 Å². The van der Waals surface area contributed by atoms with Gasteiger partial charge in [-0.3, -0.25) is 9.59 Å². The van der Waals surface area contributed by atoms with Gasteiger partial charge in [0.05, 0.1) is 6.54 Å². The minimum atomic E-state index is -0.258. The highest BCUT2D eigenvalue weighted by atomic mass is 16.2. The van der Waals surface area contributed by atoms with Gasteiger partial charge in [0.2, 0.25) is 5.91 Å². The molecule has 20 heavy (non-hydrogen) atoms. The lowest BCUT2D eigenvalue weighted by atomic mass is 10.2. The first-order chi connectivity index (χ1) is 9.75. The summed E-state index contributed by atoms with van der Waals surface area (Å²) in [4.78, 5) is 30.3. The van der Waals surface area contributed by atoms with Crippen LogP contribution in [-0.4, -0.2) is 34.9 Å². The molecule has 0 aliphatic rings. The smallest absolute Gasteiger partial charge is 0.251 e. The summed E-state index contributed by atoms with van der Waals surface area (Å²) in [5.74, 6) is 0.339. The quantitative estimate of drug-likeness (QED) is 0.715. The van der Waals surface area contributed by atoms with Crippen molar-refractivity contribution in [3.05, 3.63) is 54.1 Å². The molecule has 0 unspecified atom stereocenters. The highest BCUT2D eigenvalue weighted by molar-refractivity contribution is 5.96. The van der Waals surface area contributed by atoms with Crippen molar-refractivity contribution in [2.24, 2.45) is 0 Å². The van der Waals surface area contributed by atoms with Crippen molar-refractivity contribution in [2.75, 3.05) is 13.1 Å². The maximum absolute atomic E-state index is 11.7. The topological polar surface area (TPSA) is 86.9 Å². The SMILES string of the molecule is O=C(CNC(=O)c1ccccc1)NCCc1ncc[nH]1. The van der Waals surface area contributed by atoms with E-state index in [1.165, 1.54) is 0 Å². The highest BCUT2D eigenvalue weighted by Gasteiger charge is 2.07. The molecule has 6 heteroatoms. The molecule has 6 nitrogen and oxygen atoms in total. The molecule has 0 radical (unpaired) electrons. The Morgan fingerprint density at radius 2 is 1.95 bits per heavy atom. The molecular formula is C14H16N4O2. The lowest BCUT2D eigenvalue weighted by Gasteiger charge is -2.06. The number of amides is 2. The Bertz CT molecular complexity index is 552. The molecule has 3 N–H and O–H groups in total. The Hall–Kier alpha value is -2.63. The van der Waals surface area contributed by atoms with Gasteiger partial charge in [-0.25, -0.2) is 4.98 Å². The standard InChI is InChI=1S/C14H16N4O2/c19-13(17-7-6-12-15-8-9-16-12)10-18-14(20)11-4-2-1-3-5-11/h1-5,8-9H,6-7,10H2,(H,15,16)(H,17,19)(H,18,20). The van der Waals surface area contributed by atoms with Gasteiger partial charge in [0.1, 0.15) is 5.82 Å². The molecule has 0 aliphatic carbocycles. The zero-order valence-electron chi connectivity index (χ0n) is 10.9. The first-order valence-corrected chi connectivity index (χ1v) is 6.34. The summed E-state index contributed by atoms with van der Waals surface area (Å²) in [6.45, 7) is 0.444. The predicted octanol–water partition coefficient (Wildman–Crippen LogP) is 0.498. The third-order valence-electron chi connectivity index (χ3n) is 2.68. The van der Waals surface area contributed by atoms with Crippen molar-refractivity contribution < 1.29 is 9.59 Å². The number of rotatable bonds is 6. The number of aromatic amines is 1. The van der Waals surface area contributed by atoms with Crippen LogP contribution in [0.4, 0.5) is 0 Å². The molecule has 0 spiro atoms. The summed E-state index contributed by atoms with van der Waals surface area (Å²) >= 11 is 0. The predicted molar refractivity (Wildman–Crippen MR) is 74.1 cm³/mol. The van der Waals surface area contributed by atoms with Crippen LogP contribution < -0.4 is 10.6 Å². The van der Waals surface area contributed by atoms with Crippen molar-refractivity contribution in [1.82, 2.24) is 20.6 Å². The molecular weight excluding hydrogens is 256 g/mol. The number of imidazole rings is 1. The summed E-state index contributed by atoms with van der Waals surface area (Å²) < 4.78 is 0. The number of carbonyl (C=O) groups excluding carboxylic acids is 2. The molecule has 0 bridgehead atoms. The van der Waals surface area contributed by atoms with Crippen molar-refractivity contribution >= 4 is 11.8 Å². The zero-order valence-corrected chi connectivity index (χ0v) is 10.9. The number of H-pyrrole nitrogens is 1. The Labute approximate surface area is 116 Å². The molecule has 104 valence electrons. The van der Waals surface area contributed by atoms with Gasteiger partial charge in [0.25, 0.3) is 5.91 Å². The van der Waals surface area contributed by atoms with Crippen LogP contribution in [0.5, 0.6) is 0 Å². The van der Waals surface area contributed by atoms with E-state index in [0.717, 1.165) is 5.82 Å². The summed E-state index contributed by atoms with van der Waals surface area (Å²) in [7, 11) is 0. The highest BCUT2D eigenvalue weighted by Crippen LogP contribution is 1.97. The van der Waals surface area contributed by atoms with Gasteiger partial charge in [0, 0.05) is 30.9 Å². The van der Waals surface area contributed by atoms with E-state index in [0.29, 0.717) is 18.5 Å². The van der Waals surface area contributed by atoms with Crippen LogP contribution in [0.1, 0.15) is 16.2 Å². The zero-order chi connectivity index (χ0) is 14.2. The van der Waals surface area contributed by atoms with Gasteiger partial charge < -0.3 is 15.6 Å². The van der Waals surface area contributed by atoms with E-state index >= 15 is 0 Å². The minimum absolute atomic E-state index is 0.0358. The average molecular weight is 272 g/mol. The van der Waals surface area contributed by atoms with Crippen molar-refractivity contribution in [1.29, 1.82) is 0 Å². The minimum Gasteiger partial charge on any atom is -0.354 e. The molecule has 1 aromatic heterocycles.